The lowest BCUT2D eigenvalue weighted by Gasteiger charge is -2.19. The molecule has 0 aliphatic rings. The van der Waals surface area contributed by atoms with E-state index in [2.05, 4.69) is 47.3 Å². The molecule has 0 spiro atoms. The Balaban J connectivity index is 1.94. The van der Waals surface area contributed by atoms with Crippen molar-refractivity contribution in [1.29, 1.82) is 0 Å². The van der Waals surface area contributed by atoms with E-state index < -0.39 is 0 Å². The van der Waals surface area contributed by atoms with Gasteiger partial charge < -0.3 is 10.1 Å². The third-order valence-electron chi connectivity index (χ3n) is 3.66. The van der Waals surface area contributed by atoms with Gasteiger partial charge in [0.25, 0.3) is 0 Å². The molecule has 1 heterocycles. The van der Waals surface area contributed by atoms with Crippen LogP contribution in [0.5, 0.6) is 5.75 Å². The van der Waals surface area contributed by atoms with Crippen LogP contribution in [0.3, 0.4) is 0 Å². The molecule has 114 valence electrons. The number of methoxy groups -OCH3 is 1. The van der Waals surface area contributed by atoms with Crippen molar-refractivity contribution in [3.63, 3.8) is 0 Å². The molecule has 0 amide bonds. The largest absolute Gasteiger partial charge is 0.497 e. The Hall–Kier alpha value is -1.32. The van der Waals surface area contributed by atoms with Gasteiger partial charge in [0.05, 0.1) is 7.11 Å². The van der Waals surface area contributed by atoms with Crippen LogP contribution in [0.2, 0.25) is 0 Å². The first kappa shape index (κ1) is 16.1. The molecule has 0 bridgehead atoms. The zero-order chi connectivity index (χ0) is 14.9. The Bertz CT molecular complexity index is 510. The van der Waals surface area contributed by atoms with Gasteiger partial charge in [0, 0.05) is 6.04 Å². The molecule has 2 nitrogen and oxygen atoms in total. The van der Waals surface area contributed by atoms with Crippen LogP contribution in [-0.4, -0.2) is 19.7 Å². The van der Waals surface area contributed by atoms with Crippen molar-refractivity contribution in [2.75, 3.05) is 13.7 Å². The summed E-state index contributed by atoms with van der Waals surface area (Å²) >= 11 is 1.78. The first-order chi connectivity index (χ1) is 10.3. The number of nitrogens with one attached hydrogen (secondary N) is 1. The predicted molar refractivity (Wildman–Crippen MR) is 91.4 cm³/mol. The SMILES string of the molecule is CCCNC(CCc1ccsc1)Cc1cccc(OC)c1. The monoisotopic (exact) mass is 303 g/mol. The average Bonchev–Trinajstić information content (AvgIpc) is 3.03. The number of rotatable bonds is 9. The zero-order valence-corrected chi connectivity index (χ0v) is 13.8. The molecule has 0 radical (unpaired) electrons. The van der Waals surface area contributed by atoms with Crippen LogP contribution in [0.4, 0.5) is 0 Å². The normalized spacial score (nSPS) is 12.3. The molecule has 1 aromatic carbocycles. The highest BCUT2D eigenvalue weighted by molar-refractivity contribution is 7.07. The summed E-state index contributed by atoms with van der Waals surface area (Å²) in [6, 6.07) is 11.2. The van der Waals surface area contributed by atoms with Gasteiger partial charge in [0.1, 0.15) is 5.75 Å². The number of ether oxygens (including phenoxy) is 1. The van der Waals surface area contributed by atoms with E-state index in [1.807, 2.05) is 6.07 Å². The van der Waals surface area contributed by atoms with Crippen molar-refractivity contribution in [2.45, 2.75) is 38.6 Å². The standard InChI is InChI=1S/C18H25NOS/c1-3-10-19-17(8-7-15-9-11-21-14-15)12-16-5-4-6-18(13-16)20-2/h4-6,9,11,13-14,17,19H,3,7-8,10,12H2,1-2H3. The molecule has 0 saturated carbocycles. The number of hydrogen-bond donors (Lipinski definition) is 1. The smallest absolute Gasteiger partial charge is 0.119 e. The van der Waals surface area contributed by atoms with Gasteiger partial charge in [0.15, 0.2) is 0 Å². The summed E-state index contributed by atoms with van der Waals surface area (Å²) in [6.45, 7) is 3.30. The first-order valence-corrected chi connectivity index (χ1v) is 8.63. The van der Waals surface area contributed by atoms with Gasteiger partial charge in [-0.2, -0.15) is 11.3 Å². The lowest BCUT2D eigenvalue weighted by molar-refractivity contribution is 0.413. The number of aryl methyl sites for hydroxylation is 1. The van der Waals surface area contributed by atoms with Gasteiger partial charge in [-0.05, 0) is 72.3 Å². The summed E-state index contributed by atoms with van der Waals surface area (Å²) in [6.07, 6.45) is 4.55. The highest BCUT2D eigenvalue weighted by Gasteiger charge is 2.10. The molecule has 3 heteroatoms. The number of thiophene rings is 1. The van der Waals surface area contributed by atoms with Gasteiger partial charge in [0.2, 0.25) is 0 Å². The van der Waals surface area contributed by atoms with Crippen LogP contribution in [0.25, 0.3) is 0 Å². The second-order valence-corrected chi connectivity index (χ2v) is 6.16. The van der Waals surface area contributed by atoms with Gasteiger partial charge in [-0.25, -0.2) is 0 Å². The van der Waals surface area contributed by atoms with Gasteiger partial charge >= 0.3 is 0 Å². The summed E-state index contributed by atoms with van der Waals surface area (Å²) in [5.41, 5.74) is 2.79. The third kappa shape index (κ3) is 5.52. The van der Waals surface area contributed by atoms with Crippen molar-refractivity contribution in [2.24, 2.45) is 0 Å². The van der Waals surface area contributed by atoms with E-state index in [4.69, 9.17) is 4.74 Å². The summed E-state index contributed by atoms with van der Waals surface area (Å²) in [7, 11) is 1.72. The van der Waals surface area contributed by atoms with Crippen LogP contribution in [0.15, 0.2) is 41.1 Å². The molecular formula is C18H25NOS. The van der Waals surface area contributed by atoms with Gasteiger partial charge in [-0.3, -0.25) is 0 Å². The van der Waals surface area contributed by atoms with Crippen molar-refractivity contribution >= 4 is 11.3 Å². The van der Waals surface area contributed by atoms with E-state index in [0.29, 0.717) is 6.04 Å². The van der Waals surface area contributed by atoms with Crippen molar-refractivity contribution in [3.8, 4) is 5.75 Å². The molecule has 0 aliphatic carbocycles. The van der Waals surface area contributed by atoms with Crippen molar-refractivity contribution < 1.29 is 4.74 Å². The van der Waals surface area contributed by atoms with E-state index in [0.717, 1.165) is 25.1 Å². The van der Waals surface area contributed by atoms with Crippen molar-refractivity contribution in [3.05, 3.63) is 52.2 Å². The van der Waals surface area contributed by atoms with Gasteiger partial charge in [-0.15, -0.1) is 0 Å². The molecule has 2 rings (SSSR count). The summed E-state index contributed by atoms with van der Waals surface area (Å²) in [5.74, 6) is 0.944. The number of benzene rings is 1. The van der Waals surface area contributed by atoms with E-state index in [-0.39, 0.29) is 0 Å². The van der Waals surface area contributed by atoms with E-state index >= 15 is 0 Å². The molecule has 1 aromatic heterocycles. The average molecular weight is 303 g/mol. The van der Waals surface area contributed by atoms with E-state index in [1.54, 1.807) is 18.4 Å². The Morgan fingerprint density at radius 2 is 2.14 bits per heavy atom. The van der Waals surface area contributed by atoms with Crippen LogP contribution >= 0.6 is 11.3 Å². The predicted octanol–water partition coefficient (Wildman–Crippen LogP) is 4.30. The topological polar surface area (TPSA) is 21.3 Å². The van der Waals surface area contributed by atoms with Crippen LogP contribution in [0.1, 0.15) is 30.9 Å². The lowest BCUT2D eigenvalue weighted by atomic mass is 9.99. The third-order valence-corrected chi connectivity index (χ3v) is 4.39. The second kappa shape index (κ2) is 8.85. The molecule has 1 atom stereocenters. The Kier molecular flexibility index (Phi) is 6.77. The maximum atomic E-state index is 5.32. The minimum absolute atomic E-state index is 0.525. The fourth-order valence-corrected chi connectivity index (χ4v) is 3.19. The molecule has 21 heavy (non-hydrogen) atoms. The second-order valence-electron chi connectivity index (χ2n) is 5.38. The van der Waals surface area contributed by atoms with Crippen LogP contribution in [-0.2, 0) is 12.8 Å². The van der Waals surface area contributed by atoms with E-state index in [9.17, 15) is 0 Å². The van der Waals surface area contributed by atoms with Gasteiger partial charge in [-0.1, -0.05) is 19.1 Å². The molecule has 1 N–H and O–H groups in total. The van der Waals surface area contributed by atoms with E-state index in [1.165, 1.54) is 24.0 Å². The zero-order valence-electron chi connectivity index (χ0n) is 13.0. The molecule has 2 aromatic rings. The molecular weight excluding hydrogens is 278 g/mol. The minimum Gasteiger partial charge on any atom is -0.497 e. The first-order valence-electron chi connectivity index (χ1n) is 7.69. The summed E-state index contributed by atoms with van der Waals surface area (Å²) < 4.78 is 5.32. The Morgan fingerprint density at radius 1 is 1.24 bits per heavy atom. The highest BCUT2D eigenvalue weighted by atomic mass is 32.1. The quantitative estimate of drug-likeness (QED) is 0.745. The maximum absolute atomic E-state index is 5.32. The maximum Gasteiger partial charge on any atom is 0.119 e. The fourth-order valence-electron chi connectivity index (χ4n) is 2.48. The Morgan fingerprint density at radius 3 is 2.86 bits per heavy atom. The molecule has 1 unspecified atom stereocenters. The van der Waals surface area contributed by atoms with Crippen LogP contribution < -0.4 is 10.1 Å². The lowest BCUT2D eigenvalue weighted by Crippen LogP contribution is -2.32. The minimum atomic E-state index is 0.525. The van der Waals surface area contributed by atoms with Crippen LogP contribution in [0, 0.1) is 0 Å². The molecule has 0 fully saturated rings. The molecule has 0 saturated heterocycles. The Labute approximate surface area is 132 Å². The molecule has 0 aliphatic heterocycles. The highest BCUT2D eigenvalue weighted by Crippen LogP contribution is 2.16. The summed E-state index contributed by atoms with van der Waals surface area (Å²) in [5, 5.41) is 8.09. The fraction of sp³-hybridized carbons (Fsp3) is 0.444. The van der Waals surface area contributed by atoms with Crippen molar-refractivity contribution in [1.82, 2.24) is 5.32 Å². The number of hydrogen-bond acceptors (Lipinski definition) is 3. The summed E-state index contributed by atoms with van der Waals surface area (Å²) in [4.78, 5) is 0.